The summed E-state index contributed by atoms with van der Waals surface area (Å²) in [5.41, 5.74) is 0.0942. The first-order chi connectivity index (χ1) is 14.3. The van der Waals surface area contributed by atoms with Crippen LogP contribution < -0.4 is 15.0 Å². The first-order valence-electron chi connectivity index (χ1n) is 8.33. The number of terminal acetylenes is 1. The Bertz CT molecular complexity index is 1130. The maximum Gasteiger partial charge on any atom is 0.335 e. The van der Waals surface area contributed by atoms with Crippen LogP contribution in [-0.2, 0) is 9.59 Å². The summed E-state index contributed by atoms with van der Waals surface area (Å²) in [4.78, 5) is 48.2. The molecule has 0 bridgehead atoms. The van der Waals surface area contributed by atoms with Gasteiger partial charge in [-0.2, -0.15) is 0 Å². The molecule has 0 saturated carbocycles. The Kier molecular flexibility index (Phi) is 5.94. The molecule has 1 aliphatic rings. The van der Waals surface area contributed by atoms with Gasteiger partial charge in [-0.05, 0) is 51.8 Å². The van der Waals surface area contributed by atoms with Crippen LogP contribution in [0.15, 0.2) is 52.5 Å². The molecule has 1 N–H and O–H groups in total. The SMILES string of the molecule is C#CCOc1ccc(/C=C2\C(=O)NC(=O)N(c3ccc([N+](=O)[O-])cc3)C2=O)cc1Br. The largest absolute Gasteiger partial charge is 0.480 e. The topological polar surface area (TPSA) is 119 Å². The molecule has 2 aromatic carbocycles. The Morgan fingerprint density at radius 3 is 2.50 bits per heavy atom. The van der Waals surface area contributed by atoms with Crippen LogP contribution in [0.1, 0.15) is 5.56 Å². The van der Waals surface area contributed by atoms with Crippen LogP contribution in [0.4, 0.5) is 16.2 Å². The smallest absolute Gasteiger partial charge is 0.335 e. The van der Waals surface area contributed by atoms with Crippen LogP contribution in [0, 0.1) is 22.5 Å². The van der Waals surface area contributed by atoms with E-state index in [-0.39, 0.29) is 23.6 Å². The Labute approximate surface area is 178 Å². The lowest BCUT2D eigenvalue weighted by Crippen LogP contribution is -2.54. The van der Waals surface area contributed by atoms with E-state index in [2.05, 4.69) is 27.2 Å². The van der Waals surface area contributed by atoms with Gasteiger partial charge >= 0.3 is 6.03 Å². The van der Waals surface area contributed by atoms with E-state index in [1.807, 2.05) is 0 Å². The summed E-state index contributed by atoms with van der Waals surface area (Å²) in [5.74, 6) is 1.11. The zero-order chi connectivity index (χ0) is 21.8. The highest BCUT2D eigenvalue weighted by Gasteiger charge is 2.37. The summed E-state index contributed by atoms with van der Waals surface area (Å²) in [6, 6.07) is 8.69. The predicted molar refractivity (Wildman–Crippen MR) is 111 cm³/mol. The third-order valence-electron chi connectivity index (χ3n) is 4.00. The number of hydrogen-bond donors (Lipinski definition) is 1. The molecule has 1 fully saturated rings. The van der Waals surface area contributed by atoms with Crippen molar-refractivity contribution in [1.82, 2.24) is 5.32 Å². The summed E-state index contributed by atoms with van der Waals surface area (Å²) in [6.45, 7) is 0.0756. The minimum atomic E-state index is -0.949. The number of anilines is 1. The molecule has 1 aliphatic heterocycles. The van der Waals surface area contributed by atoms with Crippen molar-refractivity contribution in [2.45, 2.75) is 0 Å². The molecule has 1 heterocycles. The number of hydrogen-bond acceptors (Lipinski definition) is 6. The molecule has 0 atom stereocenters. The van der Waals surface area contributed by atoms with Gasteiger partial charge in [-0.25, -0.2) is 9.69 Å². The number of amides is 4. The van der Waals surface area contributed by atoms with Crippen LogP contribution in [0.5, 0.6) is 5.75 Å². The number of nitrogens with one attached hydrogen (secondary N) is 1. The molecule has 3 rings (SSSR count). The van der Waals surface area contributed by atoms with E-state index in [0.717, 1.165) is 17.0 Å². The van der Waals surface area contributed by atoms with Crippen molar-refractivity contribution in [3.05, 3.63) is 68.2 Å². The molecule has 0 unspecified atom stereocenters. The maximum atomic E-state index is 12.8. The summed E-state index contributed by atoms with van der Waals surface area (Å²) >= 11 is 3.32. The third kappa shape index (κ3) is 4.21. The second kappa shape index (κ2) is 8.59. The molecule has 0 aromatic heterocycles. The van der Waals surface area contributed by atoms with Crippen molar-refractivity contribution in [3.63, 3.8) is 0 Å². The molecule has 150 valence electrons. The normalized spacial score (nSPS) is 15.0. The number of nitro benzene ring substituents is 1. The fourth-order valence-electron chi connectivity index (χ4n) is 2.63. The third-order valence-corrected chi connectivity index (χ3v) is 4.62. The number of nitrogens with zero attached hydrogens (tertiary/aromatic N) is 2. The van der Waals surface area contributed by atoms with Crippen LogP contribution in [0.25, 0.3) is 6.08 Å². The lowest BCUT2D eigenvalue weighted by molar-refractivity contribution is -0.384. The fourth-order valence-corrected chi connectivity index (χ4v) is 3.14. The number of carbonyl (C=O) groups is 3. The Morgan fingerprint density at radius 2 is 1.90 bits per heavy atom. The molecular formula is C20H12BrN3O6. The van der Waals surface area contributed by atoms with Crippen molar-refractivity contribution in [2.75, 3.05) is 11.5 Å². The number of imide groups is 2. The van der Waals surface area contributed by atoms with E-state index in [1.165, 1.54) is 18.2 Å². The van der Waals surface area contributed by atoms with Crippen molar-refractivity contribution < 1.29 is 24.0 Å². The number of carbonyl (C=O) groups excluding carboxylic acids is 3. The first kappa shape index (κ1) is 20.8. The molecule has 0 radical (unpaired) electrons. The van der Waals surface area contributed by atoms with E-state index >= 15 is 0 Å². The zero-order valence-corrected chi connectivity index (χ0v) is 16.7. The van der Waals surface area contributed by atoms with Gasteiger partial charge in [-0.3, -0.25) is 25.0 Å². The molecule has 1 saturated heterocycles. The maximum absolute atomic E-state index is 12.8. The lowest BCUT2D eigenvalue weighted by atomic mass is 10.1. The highest BCUT2D eigenvalue weighted by molar-refractivity contribution is 9.10. The van der Waals surface area contributed by atoms with Gasteiger partial charge in [0.1, 0.15) is 17.9 Å². The molecular weight excluding hydrogens is 458 g/mol. The minimum absolute atomic E-state index is 0.0756. The molecule has 2 aromatic rings. The highest BCUT2D eigenvalue weighted by Crippen LogP contribution is 2.28. The zero-order valence-electron chi connectivity index (χ0n) is 15.1. The van der Waals surface area contributed by atoms with Gasteiger partial charge in [0.15, 0.2) is 0 Å². The minimum Gasteiger partial charge on any atom is -0.480 e. The van der Waals surface area contributed by atoms with Crippen LogP contribution in [-0.4, -0.2) is 29.4 Å². The number of benzene rings is 2. The summed E-state index contributed by atoms with van der Waals surface area (Å²) < 4.78 is 5.89. The summed E-state index contributed by atoms with van der Waals surface area (Å²) in [5, 5.41) is 12.9. The molecule has 0 spiro atoms. The van der Waals surface area contributed by atoms with E-state index in [0.29, 0.717) is 15.8 Å². The Balaban J connectivity index is 1.93. The van der Waals surface area contributed by atoms with Crippen LogP contribution >= 0.6 is 15.9 Å². The second-order valence-corrected chi connectivity index (χ2v) is 6.77. The average Bonchev–Trinajstić information content (AvgIpc) is 2.70. The van der Waals surface area contributed by atoms with Crippen molar-refractivity contribution in [2.24, 2.45) is 0 Å². The van der Waals surface area contributed by atoms with E-state index in [4.69, 9.17) is 11.2 Å². The monoisotopic (exact) mass is 469 g/mol. The number of urea groups is 1. The Hall–Kier alpha value is -3.97. The van der Waals surface area contributed by atoms with E-state index in [9.17, 15) is 24.5 Å². The van der Waals surface area contributed by atoms with Gasteiger partial charge in [0, 0.05) is 12.1 Å². The van der Waals surface area contributed by atoms with Crippen molar-refractivity contribution in [1.29, 1.82) is 0 Å². The Morgan fingerprint density at radius 1 is 1.20 bits per heavy atom. The molecule has 4 amide bonds. The number of nitro groups is 1. The van der Waals surface area contributed by atoms with Gasteiger partial charge in [0.2, 0.25) is 0 Å². The van der Waals surface area contributed by atoms with E-state index < -0.39 is 22.8 Å². The number of halogens is 1. The lowest BCUT2D eigenvalue weighted by Gasteiger charge is -2.26. The number of rotatable bonds is 5. The summed E-state index contributed by atoms with van der Waals surface area (Å²) in [6.07, 6.45) is 6.48. The van der Waals surface area contributed by atoms with Crippen LogP contribution in [0.3, 0.4) is 0 Å². The van der Waals surface area contributed by atoms with Crippen molar-refractivity contribution in [3.8, 4) is 18.1 Å². The molecule has 0 aliphatic carbocycles. The van der Waals surface area contributed by atoms with Gasteiger partial charge < -0.3 is 4.74 Å². The first-order valence-corrected chi connectivity index (χ1v) is 9.13. The summed E-state index contributed by atoms with van der Waals surface area (Å²) in [7, 11) is 0. The van der Waals surface area contributed by atoms with Crippen LogP contribution in [0.2, 0.25) is 0 Å². The van der Waals surface area contributed by atoms with Crippen molar-refractivity contribution >= 4 is 51.2 Å². The second-order valence-electron chi connectivity index (χ2n) is 5.91. The number of barbiturate groups is 1. The van der Waals surface area contributed by atoms with Gasteiger partial charge in [-0.1, -0.05) is 12.0 Å². The number of non-ortho nitro benzene ring substituents is 1. The highest BCUT2D eigenvalue weighted by atomic mass is 79.9. The van der Waals surface area contributed by atoms with E-state index in [1.54, 1.807) is 18.2 Å². The number of ether oxygens (including phenoxy) is 1. The average molecular weight is 470 g/mol. The standard InChI is InChI=1S/C20H12BrN3O6/c1-2-9-30-17-8-3-12(11-16(17)21)10-15-18(25)22-20(27)23(19(15)26)13-4-6-14(7-5-13)24(28)29/h1,3-8,10-11H,9H2,(H,22,25,27)/b15-10+. The molecule has 10 heteroatoms. The molecule has 9 nitrogen and oxygen atoms in total. The van der Waals surface area contributed by atoms with Gasteiger partial charge in [0.25, 0.3) is 17.5 Å². The predicted octanol–water partition coefficient (Wildman–Crippen LogP) is 3.04. The molecule has 30 heavy (non-hydrogen) atoms. The van der Waals surface area contributed by atoms with Gasteiger partial charge in [-0.15, -0.1) is 6.42 Å². The van der Waals surface area contributed by atoms with Gasteiger partial charge in [0.05, 0.1) is 15.1 Å². The quantitative estimate of drug-likeness (QED) is 0.236. The fraction of sp³-hybridized carbons (Fsp3) is 0.0500.